The highest BCUT2D eigenvalue weighted by Crippen LogP contribution is 2.22. The van der Waals surface area contributed by atoms with Crippen molar-refractivity contribution in [1.29, 1.82) is 0 Å². The molecule has 0 saturated carbocycles. The SMILES string of the molecule is CCC(=O)N1CCN(c2ccc(N)cc2F)CC1. The van der Waals surface area contributed by atoms with Crippen LogP contribution in [0, 0.1) is 5.82 Å². The van der Waals surface area contributed by atoms with Crippen molar-refractivity contribution in [2.45, 2.75) is 13.3 Å². The first-order valence-corrected chi connectivity index (χ1v) is 6.19. The highest BCUT2D eigenvalue weighted by molar-refractivity contribution is 5.76. The smallest absolute Gasteiger partial charge is 0.222 e. The predicted molar refractivity (Wildman–Crippen MR) is 69.9 cm³/mol. The molecule has 1 aromatic rings. The third kappa shape index (κ3) is 2.55. The summed E-state index contributed by atoms with van der Waals surface area (Å²) in [6.45, 7) is 4.47. The van der Waals surface area contributed by atoms with Gasteiger partial charge in [-0.3, -0.25) is 4.79 Å². The molecule has 1 aromatic carbocycles. The van der Waals surface area contributed by atoms with Gasteiger partial charge in [0.1, 0.15) is 5.82 Å². The average molecular weight is 251 g/mol. The maximum absolute atomic E-state index is 13.8. The van der Waals surface area contributed by atoms with E-state index in [-0.39, 0.29) is 11.7 Å². The summed E-state index contributed by atoms with van der Waals surface area (Å²) >= 11 is 0. The molecule has 0 bridgehead atoms. The van der Waals surface area contributed by atoms with Crippen LogP contribution in [0.4, 0.5) is 15.8 Å². The van der Waals surface area contributed by atoms with Gasteiger partial charge in [-0.1, -0.05) is 6.92 Å². The number of hydrogen-bond donors (Lipinski definition) is 1. The van der Waals surface area contributed by atoms with Crippen LogP contribution in [0.1, 0.15) is 13.3 Å². The van der Waals surface area contributed by atoms with E-state index in [2.05, 4.69) is 0 Å². The van der Waals surface area contributed by atoms with E-state index in [1.165, 1.54) is 6.07 Å². The van der Waals surface area contributed by atoms with Gasteiger partial charge in [-0.05, 0) is 18.2 Å². The Morgan fingerprint density at radius 1 is 1.33 bits per heavy atom. The van der Waals surface area contributed by atoms with Crippen molar-refractivity contribution in [3.63, 3.8) is 0 Å². The monoisotopic (exact) mass is 251 g/mol. The van der Waals surface area contributed by atoms with E-state index in [1.807, 2.05) is 16.7 Å². The van der Waals surface area contributed by atoms with Gasteiger partial charge in [-0.15, -0.1) is 0 Å². The zero-order chi connectivity index (χ0) is 13.1. The second-order valence-electron chi connectivity index (χ2n) is 4.43. The Bertz CT molecular complexity index is 442. The van der Waals surface area contributed by atoms with E-state index in [1.54, 1.807) is 12.1 Å². The molecule has 1 amide bonds. The Hall–Kier alpha value is -1.78. The van der Waals surface area contributed by atoms with Crippen LogP contribution in [-0.4, -0.2) is 37.0 Å². The number of carbonyl (C=O) groups excluding carboxylic acids is 1. The van der Waals surface area contributed by atoms with Crippen molar-refractivity contribution in [3.05, 3.63) is 24.0 Å². The molecule has 0 unspecified atom stereocenters. The van der Waals surface area contributed by atoms with Crippen molar-refractivity contribution in [3.8, 4) is 0 Å². The summed E-state index contributed by atoms with van der Waals surface area (Å²) in [5.41, 5.74) is 6.52. The molecule has 5 heteroatoms. The van der Waals surface area contributed by atoms with Gasteiger partial charge < -0.3 is 15.5 Å². The summed E-state index contributed by atoms with van der Waals surface area (Å²) in [6.07, 6.45) is 0.524. The predicted octanol–water partition coefficient (Wildman–Crippen LogP) is 1.47. The quantitative estimate of drug-likeness (QED) is 0.810. The fourth-order valence-corrected chi connectivity index (χ4v) is 2.20. The van der Waals surface area contributed by atoms with Crippen LogP contribution < -0.4 is 10.6 Å². The lowest BCUT2D eigenvalue weighted by atomic mass is 10.2. The van der Waals surface area contributed by atoms with Crippen LogP contribution in [0.25, 0.3) is 0 Å². The molecule has 18 heavy (non-hydrogen) atoms. The van der Waals surface area contributed by atoms with E-state index in [4.69, 9.17) is 5.73 Å². The molecule has 2 rings (SSSR count). The molecular formula is C13H18FN3O. The Balaban J connectivity index is 2.03. The summed E-state index contributed by atoms with van der Waals surface area (Å²) in [4.78, 5) is 15.3. The molecular weight excluding hydrogens is 233 g/mol. The van der Waals surface area contributed by atoms with E-state index in [9.17, 15) is 9.18 Å². The number of carbonyl (C=O) groups is 1. The van der Waals surface area contributed by atoms with Crippen LogP contribution in [0.3, 0.4) is 0 Å². The first kappa shape index (κ1) is 12.7. The van der Waals surface area contributed by atoms with Crippen molar-refractivity contribution < 1.29 is 9.18 Å². The topological polar surface area (TPSA) is 49.6 Å². The normalized spacial score (nSPS) is 15.9. The Morgan fingerprint density at radius 2 is 2.00 bits per heavy atom. The number of amides is 1. The zero-order valence-electron chi connectivity index (χ0n) is 10.5. The van der Waals surface area contributed by atoms with Crippen molar-refractivity contribution in [2.24, 2.45) is 0 Å². The molecule has 1 fully saturated rings. The highest BCUT2D eigenvalue weighted by atomic mass is 19.1. The second kappa shape index (κ2) is 5.25. The second-order valence-corrected chi connectivity index (χ2v) is 4.43. The number of halogens is 1. The fourth-order valence-electron chi connectivity index (χ4n) is 2.20. The van der Waals surface area contributed by atoms with Gasteiger partial charge in [-0.2, -0.15) is 0 Å². The lowest BCUT2D eigenvalue weighted by Gasteiger charge is -2.36. The number of nitrogens with zero attached hydrogens (tertiary/aromatic N) is 2. The summed E-state index contributed by atoms with van der Waals surface area (Å²) in [5, 5.41) is 0. The van der Waals surface area contributed by atoms with Gasteiger partial charge >= 0.3 is 0 Å². The Morgan fingerprint density at radius 3 is 2.56 bits per heavy atom. The molecule has 2 N–H and O–H groups in total. The molecule has 0 spiro atoms. The molecule has 0 aromatic heterocycles. The number of rotatable bonds is 2. The number of benzene rings is 1. The maximum Gasteiger partial charge on any atom is 0.222 e. The molecule has 0 aliphatic carbocycles. The molecule has 1 aliphatic heterocycles. The van der Waals surface area contributed by atoms with Crippen LogP contribution in [-0.2, 0) is 4.79 Å². The Kier molecular flexibility index (Phi) is 3.69. The summed E-state index contributed by atoms with van der Waals surface area (Å²) < 4.78 is 13.8. The molecule has 0 radical (unpaired) electrons. The molecule has 1 heterocycles. The molecule has 1 aliphatic rings. The largest absolute Gasteiger partial charge is 0.399 e. The summed E-state index contributed by atoms with van der Waals surface area (Å²) in [5.74, 6) is -0.141. The van der Waals surface area contributed by atoms with Crippen molar-refractivity contribution >= 4 is 17.3 Å². The number of piperazine rings is 1. The van der Waals surface area contributed by atoms with Gasteiger partial charge in [0.05, 0.1) is 5.69 Å². The number of nitrogens with two attached hydrogens (primary N) is 1. The van der Waals surface area contributed by atoms with Gasteiger partial charge in [-0.25, -0.2) is 4.39 Å². The fraction of sp³-hybridized carbons (Fsp3) is 0.462. The van der Waals surface area contributed by atoms with Gasteiger partial charge in [0.15, 0.2) is 0 Å². The molecule has 98 valence electrons. The first-order chi connectivity index (χ1) is 8.61. The lowest BCUT2D eigenvalue weighted by Crippen LogP contribution is -2.48. The standard InChI is InChI=1S/C13H18FN3O/c1-2-13(18)17-7-5-16(6-8-17)12-4-3-10(15)9-11(12)14/h3-4,9H,2,5-8,15H2,1H3. The van der Waals surface area contributed by atoms with E-state index >= 15 is 0 Å². The Labute approximate surface area is 106 Å². The minimum Gasteiger partial charge on any atom is -0.399 e. The molecule has 0 atom stereocenters. The minimum atomic E-state index is -0.301. The van der Waals surface area contributed by atoms with Crippen LogP contribution in [0.5, 0.6) is 0 Å². The number of hydrogen-bond acceptors (Lipinski definition) is 3. The van der Waals surface area contributed by atoms with Crippen LogP contribution in [0.15, 0.2) is 18.2 Å². The number of anilines is 2. The van der Waals surface area contributed by atoms with Crippen molar-refractivity contribution in [1.82, 2.24) is 4.90 Å². The first-order valence-electron chi connectivity index (χ1n) is 6.19. The van der Waals surface area contributed by atoms with Gasteiger partial charge in [0.25, 0.3) is 0 Å². The lowest BCUT2D eigenvalue weighted by molar-refractivity contribution is -0.131. The third-order valence-corrected chi connectivity index (χ3v) is 3.25. The maximum atomic E-state index is 13.8. The van der Waals surface area contributed by atoms with E-state index in [0.29, 0.717) is 44.0 Å². The van der Waals surface area contributed by atoms with E-state index < -0.39 is 0 Å². The summed E-state index contributed by atoms with van der Waals surface area (Å²) in [7, 11) is 0. The highest BCUT2D eigenvalue weighted by Gasteiger charge is 2.21. The van der Waals surface area contributed by atoms with Gasteiger partial charge in [0.2, 0.25) is 5.91 Å². The number of nitrogen functional groups attached to an aromatic ring is 1. The molecule has 4 nitrogen and oxygen atoms in total. The summed E-state index contributed by atoms with van der Waals surface area (Å²) in [6, 6.07) is 4.73. The average Bonchev–Trinajstić information content (AvgIpc) is 2.38. The van der Waals surface area contributed by atoms with Gasteiger partial charge in [0, 0.05) is 38.3 Å². The van der Waals surface area contributed by atoms with Crippen LogP contribution in [0.2, 0.25) is 0 Å². The minimum absolute atomic E-state index is 0.160. The van der Waals surface area contributed by atoms with Crippen LogP contribution >= 0.6 is 0 Å². The zero-order valence-corrected chi connectivity index (χ0v) is 10.5. The van der Waals surface area contributed by atoms with E-state index in [0.717, 1.165) is 0 Å². The molecule has 1 saturated heterocycles. The third-order valence-electron chi connectivity index (χ3n) is 3.25. The van der Waals surface area contributed by atoms with Crippen molar-refractivity contribution in [2.75, 3.05) is 36.8 Å².